The quantitative estimate of drug-likeness (QED) is 0.415. The third-order valence-corrected chi connectivity index (χ3v) is 5.47. The highest BCUT2D eigenvalue weighted by Crippen LogP contribution is 2.31. The number of aromatic nitrogens is 6. The topological polar surface area (TPSA) is 111 Å². The Hall–Kier alpha value is -3.40. The minimum Gasteiger partial charge on any atom is -0.390 e. The lowest BCUT2D eigenvalue weighted by atomic mass is 9.98. The van der Waals surface area contributed by atoms with E-state index in [2.05, 4.69) is 25.8 Å². The zero-order valence-corrected chi connectivity index (χ0v) is 18.4. The highest BCUT2D eigenvalue weighted by molar-refractivity contribution is 6.30. The number of tetrazole rings is 1. The van der Waals surface area contributed by atoms with Crippen molar-refractivity contribution in [1.82, 2.24) is 35.1 Å². The van der Waals surface area contributed by atoms with Crippen LogP contribution in [0.3, 0.4) is 0 Å². The summed E-state index contributed by atoms with van der Waals surface area (Å²) >= 11 is 6.10. The normalized spacial score (nSPS) is 11.1. The summed E-state index contributed by atoms with van der Waals surface area (Å²) in [6.45, 7) is 2.35. The predicted octanol–water partition coefficient (Wildman–Crippen LogP) is 2.57. The highest BCUT2D eigenvalue weighted by atomic mass is 35.5. The van der Waals surface area contributed by atoms with Gasteiger partial charge >= 0.3 is 0 Å². The number of carbonyl (C=O) groups excluding carboxylic acids is 1. The summed E-state index contributed by atoms with van der Waals surface area (Å²) in [5.41, 5.74) is 4.26. The largest absolute Gasteiger partial charge is 0.390 e. The Morgan fingerprint density at radius 1 is 1.12 bits per heavy atom. The second-order valence-electron chi connectivity index (χ2n) is 7.22. The van der Waals surface area contributed by atoms with Crippen molar-refractivity contribution in [2.45, 2.75) is 20.1 Å². The molecule has 0 aliphatic rings. The lowest BCUT2D eigenvalue weighted by Gasteiger charge is -2.12. The number of imidazole rings is 1. The van der Waals surface area contributed by atoms with E-state index in [-0.39, 0.29) is 19.1 Å². The van der Waals surface area contributed by atoms with Gasteiger partial charge in [-0.2, -0.15) is 4.68 Å². The van der Waals surface area contributed by atoms with Crippen LogP contribution >= 0.6 is 11.6 Å². The van der Waals surface area contributed by atoms with E-state index in [0.29, 0.717) is 23.2 Å². The van der Waals surface area contributed by atoms with Gasteiger partial charge in [-0.1, -0.05) is 60.1 Å². The van der Waals surface area contributed by atoms with Crippen LogP contribution in [0.4, 0.5) is 0 Å². The molecule has 0 spiro atoms. The molecule has 0 unspecified atom stereocenters. The molecule has 0 saturated carbocycles. The zero-order chi connectivity index (χ0) is 22.7. The number of aliphatic hydroxyl groups is 1. The van der Waals surface area contributed by atoms with Crippen LogP contribution in [0.5, 0.6) is 0 Å². The van der Waals surface area contributed by atoms with Gasteiger partial charge in [0.1, 0.15) is 5.82 Å². The lowest BCUT2D eigenvalue weighted by Crippen LogP contribution is -2.26. The smallest absolute Gasteiger partial charge is 0.264 e. The van der Waals surface area contributed by atoms with E-state index in [1.807, 2.05) is 60.0 Å². The molecule has 0 aliphatic heterocycles. The van der Waals surface area contributed by atoms with Gasteiger partial charge in [0.25, 0.3) is 5.91 Å². The van der Waals surface area contributed by atoms with Gasteiger partial charge in [-0.3, -0.25) is 4.79 Å². The molecule has 4 rings (SSSR count). The molecule has 164 valence electrons. The molecule has 0 radical (unpaired) electrons. The molecule has 2 aromatic heterocycles. The number of aliphatic hydroxyl groups excluding tert-OH is 1. The Morgan fingerprint density at radius 2 is 1.84 bits per heavy atom. The number of hydrogen-bond donors (Lipinski definition) is 2. The maximum Gasteiger partial charge on any atom is 0.264 e. The summed E-state index contributed by atoms with van der Waals surface area (Å²) in [6, 6.07) is 15.7. The van der Waals surface area contributed by atoms with Gasteiger partial charge < -0.3 is 15.0 Å². The standard InChI is InChI=1S/C22H22ClN7O2/c1-14-25-21(23)19(13-31)29(14)12-15-7-9-16(10-8-15)17-5-3-4-6-18(17)22-26-27-28-30(22)20(32)11-24-2/h3-10,24,31H,11-13H2,1-2H3. The number of nitrogens with zero attached hydrogens (tertiary/aromatic N) is 6. The molecule has 10 heteroatoms. The summed E-state index contributed by atoms with van der Waals surface area (Å²) < 4.78 is 3.11. The van der Waals surface area contributed by atoms with Crippen molar-refractivity contribution in [3.8, 4) is 22.5 Å². The summed E-state index contributed by atoms with van der Waals surface area (Å²) in [7, 11) is 1.69. The molecule has 0 fully saturated rings. The summed E-state index contributed by atoms with van der Waals surface area (Å²) in [4.78, 5) is 16.6. The predicted molar refractivity (Wildman–Crippen MR) is 120 cm³/mol. The number of aryl methyl sites for hydroxylation is 1. The highest BCUT2D eigenvalue weighted by Gasteiger charge is 2.18. The monoisotopic (exact) mass is 451 g/mol. The molecule has 0 atom stereocenters. The van der Waals surface area contributed by atoms with Crippen molar-refractivity contribution in [3.05, 3.63) is 70.8 Å². The Balaban J connectivity index is 1.66. The first-order valence-corrected chi connectivity index (χ1v) is 10.4. The summed E-state index contributed by atoms with van der Waals surface area (Å²) in [5, 5.41) is 24.4. The fraction of sp³-hybridized carbons (Fsp3) is 0.227. The molecule has 2 N–H and O–H groups in total. The molecule has 4 aromatic rings. The number of hydrogen-bond acceptors (Lipinski definition) is 7. The molecule has 9 nitrogen and oxygen atoms in total. The van der Waals surface area contributed by atoms with Crippen molar-refractivity contribution in [2.75, 3.05) is 13.6 Å². The van der Waals surface area contributed by atoms with Crippen LogP contribution in [0.25, 0.3) is 22.5 Å². The molecule has 0 bridgehead atoms. The van der Waals surface area contributed by atoms with Crippen LogP contribution < -0.4 is 5.32 Å². The Labute approximate surface area is 189 Å². The van der Waals surface area contributed by atoms with Crippen molar-refractivity contribution < 1.29 is 9.90 Å². The number of halogens is 1. The molecule has 0 saturated heterocycles. The van der Waals surface area contributed by atoms with Crippen LogP contribution in [-0.4, -0.2) is 54.4 Å². The fourth-order valence-electron chi connectivity index (χ4n) is 3.59. The molecule has 2 aromatic carbocycles. The number of carbonyl (C=O) groups is 1. The zero-order valence-electron chi connectivity index (χ0n) is 17.7. The first kappa shape index (κ1) is 21.8. The van der Waals surface area contributed by atoms with Gasteiger partial charge in [-0.15, -0.1) is 5.10 Å². The first-order chi connectivity index (χ1) is 15.5. The molecule has 0 aliphatic carbocycles. The van der Waals surface area contributed by atoms with Crippen molar-refractivity contribution in [2.24, 2.45) is 0 Å². The van der Waals surface area contributed by atoms with E-state index in [9.17, 15) is 9.90 Å². The summed E-state index contributed by atoms with van der Waals surface area (Å²) in [6.07, 6.45) is 0. The third-order valence-electron chi connectivity index (χ3n) is 5.17. The van der Waals surface area contributed by atoms with E-state index in [1.165, 1.54) is 4.68 Å². The lowest BCUT2D eigenvalue weighted by molar-refractivity contribution is 0.0899. The Bertz CT molecular complexity index is 1250. The van der Waals surface area contributed by atoms with Gasteiger partial charge in [-0.05, 0) is 41.1 Å². The minimum absolute atomic E-state index is 0.127. The second-order valence-corrected chi connectivity index (χ2v) is 7.58. The maximum atomic E-state index is 12.4. The van der Waals surface area contributed by atoms with Crippen LogP contribution in [0.15, 0.2) is 48.5 Å². The van der Waals surface area contributed by atoms with Gasteiger partial charge in [-0.25, -0.2) is 4.98 Å². The fourth-order valence-corrected chi connectivity index (χ4v) is 3.87. The van der Waals surface area contributed by atoms with Gasteiger partial charge in [0.15, 0.2) is 11.0 Å². The third kappa shape index (κ3) is 4.18. The van der Waals surface area contributed by atoms with Crippen molar-refractivity contribution in [3.63, 3.8) is 0 Å². The minimum atomic E-state index is -0.244. The summed E-state index contributed by atoms with van der Waals surface area (Å²) in [5.74, 6) is 0.888. The molecular weight excluding hydrogens is 430 g/mol. The number of rotatable bonds is 7. The van der Waals surface area contributed by atoms with Crippen LogP contribution in [0.2, 0.25) is 5.15 Å². The number of benzene rings is 2. The van der Waals surface area contributed by atoms with Crippen molar-refractivity contribution >= 4 is 17.5 Å². The number of nitrogens with one attached hydrogen (secondary N) is 1. The maximum absolute atomic E-state index is 12.4. The van der Waals surface area contributed by atoms with Crippen LogP contribution in [0, 0.1) is 6.92 Å². The van der Waals surface area contributed by atoms with Crippen LogP contribution in [0.1, 0.15) is 21.9 Å². The van der Waals surface area contributed by atoms with Gasteiger partial charge in [0.05, 0.1) is 18.8 Å². The molecule has 0 amide bonds. The van der Waals surface area contributed by atoms with Crippen LogP contribution in [-0.2, 0) is 13.2 Å². The average Bonchev–Trinajstić information content (AvgIpc) is 3.39. The van der Waals surface area contributed by atoms with Gasteiger partial charge in [0, 0.05) is 12.1 Å². The van der Waals surface area contributed by atoms with E-state index in [0.717, 1.165) is 28.1 Å². The van der Waals surface area contributed by atoms with Crippen molar-refractivity contribution in [1.29, 1.82) is 0 Å². The molecular formula is C22H22ClN7O2. The average molecular weight is 452 g/mol. The SMILES string of the molecule is CNCC(=O)n1nnnc1-c1ccccc1-c1ccc(Cn2c(C)nc(Cl)c2CO)cc1. The molecule has 32 heavy (non-hydrogen) atoms. The first-order valence-electron chi connectivity index (χ1n) is 10.0. The van der Waals surface area contributed by atoms with E-state index < -0.39 is 0 Å². The Kier molecular flexibility index (Phi) is 6.40. The number of likely N-dealkylation sites (N-methyl/N-ethyl adjacent to an activating group) is 1. The van der Waals surface area contributed by atoms with E-state index in [1.54, 1.807) is 7.05 Å². The molecule has 2 heterocycles. The van der Waals surface area contributed by atoms with E-state index >= 15 is 0 Å². The second kappa shape index (κ2) is 9.39. The van der Waals surface area contributed by atoms with E-state index in [4.69, 9.17) is 11.6 Å². The Morgan fingerprint density at radius 3 is 2.53 bits per heavy atom. The van der Waals surface area contributed by atoms with Gasteiger partial charge in [0.2, 0.25) is 0 Å².